The molecule has 0 spiro atoms. The van der Waals surface area contributed by atoms with Crippen molar-refractivity contribution in [2.45, 2.75) is 18.9 Å². The maximum absolute atomic E-state index is 12.6. The molecule has 0 saturated carbocycles. The number of piperidine rings is 1. The van der Waals surface area contributed by atoms with Gasteiger partial charge in [0.25, 0.3) is 5.91 Å². The SMILES string of the molecule is O=C(Nc1cncnc1OC1CCNCC1)c1csc(-c2ccccn2)n1. The zero-order valence-corrected chi connectivity index (χ0v) is 15.3. The Hall–Kier alpha value is -2.91. The Balaban J connectivity index is 1.48. The summed E-state index contributed by atoms with van der Waals surface area (Å²) in [7, 11) is 0. The molecule has 4 heterocycles. The zero-order valence-electron chi connectivity index (χ0n) is 14.5. The molecule has 1 amide bonds. The minimum Gasteiger partial charge on any atom is -0.473 e. The molecule has 1 aliphatic heterocycles. The van der Waals surface area contributed by atoms with E-state index in [1.54, 1.807) is 11.6 Å². The van der Waals surface area contributed by atoms with Gasteiger partial charge in [0.2, 0.25) is 5.88 Å². The van der Waals surface area contributed by atoms with E-state index in [0.29, 0.717) is 22.3 Å². The second-order valence-electron chi connectivity index (χ2n) is 6.02. The smallest absolute Gasteiger partial charge is 0.275 e. The van der Waals surface area contributed by atoms with Gasteiger partial charge < -0.3 is 15.4 Å². The van der Waals surface area contributed by atoms with Gasteiger partial charge in [0.05, 0.1) is 11.9 Å². The molecule has 3 aromatic rings. The quantitative estimate of drug-likeness (QED) is 0.698. The van der Waals surface area contributed by atoms with Gasteiger partial charge in [-0.1, -0.05) is 6.07 Å². The summed E-state index contributed by atoms with van der Waals surface area (Å²) in [5.74, 6) is 0.0452. The predicted octanol–water partition coefficient (Wildman–Crippen LogP) is 2.38. The van der Waals surface area contributed by atoms with E-state index in [1.165, 1.54) is 23.9 Å². The van der Waals surface area contributed by atoms with Gasteiger partial charge in [0, 0.05) is 11.6 Å². The zero-order chi connectivity index (χ0) is 18.5. The fourth-order valence-corrected chi connectivity index (χ4v) is 3.52. The largest absolute Gasteiger partial charge is 0.473 e. The van der Waals surface area contributed by atoms with Crippen LogP contribution in [0.3, 0.4) is 0 Å². The number of ether oxygens (including phenoxy) is 1. The lowest BCUT2D eigenvalue weighted by atomic mass is 10.1. The highest BCUT2D eigenvalue weighted by Gasteiger charge is 2.19. The molecule has 3 aromatic heterocycles. The van der Waals surface area contributed by atoms with Crippen LogP contribution in [0.1, 0.15) is 23.3 Å². The third-order valence-electron chi connectivity index (χ3n) is 4.11. The number of carbonyl (C=O) groups excluding carboxylic acids is 1. The topological polar surface area (TPSA) is 102 Å². The summed E-state index contributed by atoms with van der Waals surface area (Å²) in [6, 6.07) is 5.58. The second kappa shape index (κ2) is 8.19. The minimum absolute atomic E-state index is 0.0758. The van der Waals surface area contributed by atoms with E-state index in [0.717, 1.165) is 31.6 Å². The molecule has 8 nitrogen and oxygen atoms in total. The van der Waals surface area contributed by atoms with Crippen molar-refractivity contribution in [1.29, 1.82) is 0 Å². The predicted molar refractivity (Wildman–Crippen MR) is 102 cm³/mol. The molecule has 1 fully saturated rings. The molecule has 27 heavy (non-hydrogen) atoms. The van der Waals surface area contributed by atoms with Gasteiger partial charge in [-0.3, -0.25) is 9.78 Å². The molecule has 4 rings (SSSR count). The Bertz CT molecular complexity index is 911. The number of carbonyl (C=O) groups is 1. The molecule has 2 N–H and O–H groups in total. The van der Waals surface area contributed by atoms with Crippen molar-refractivity contribution in [2.75, 3.05) is 18.4 Å². The lowest BCUT2D eigenvalue weighted by Gasteiger charge is -2.24. The normalized spacial score (nSPS) is 14.7. The van der Waals surface area contributed by atoms with Crippen LogP contribution in [0.2, 0.25) is 0 Å². The van der Waals surface area contributed by atoms with E-state index in [-0.39, 0.29) is 12.0 Å². The molecule has 0 unspecified atom stereocenters. The standard InChI is InChI=1S/C18H18N6O2S/c25-16(15-10-27-18(24-15)13-3-1-2-6-21-13)23-14-9-20-11-22-17(14)26-12-4-7-19-8-5-12/h1-3,6,9-12,19H,4-5,7-8H2,(H,23,25). The number of rotatable bonds is 5. The van der Waals surface area contributed by atoms with Gasteiger partial charge in [-0.25, -0.2) is 9.97 Å². The average molecular weight is 382 g/mol. The van der Waals surface area contributed by atoms with E-state index in [9.17, 15) is 4.79 Å². The average Bonchev–Trinajstić information content (AvgIpc) is 3.21. The summed E-state index contributed by atoms with van der Waals surface area (Å²) >= 11 is 1.37. The molecule has 9 heteroatoms. The molecule has 0 aliphatic carbocycles. The van der Waals surface area contributed by atoms with Crippen molar-refractivity contribution in [2.24, 2.45) is 0 Å². The number of thiazole rings is 1. The maximum Gasteiger partial charge on any atom is 0.275 e. The van der Waals surface area contributed by atoms with Crippen LogP contribution in [-0.4, -0.2) is 45.0 Å². The van der Waals surface area contributed by atoms with Crippen LogP contribution in [0.5, 0.6) is 5.88 Å². The molecular formula is C18H18N6O2S. The fraction of sp³-hybridized carbons (Fsp3) is 0.278. The number of anilines is 1. The van der Waals surface area contributed by atoms with E-state index in [2.05, 4.69) is 30.6 Å². The molecule has 138 valence electrons. The number of nitrogens with zero attached hydrogens (tertiary/aromatic N) is 4. The molecule has 0 atom stereocenters. The molecule has 0 radical (unpaired) electrons. The summed E-state index contributed by atoms with van der Waals surface area (Å²) in [6.45, 7) is 1.82. The van der Waals surface area contributed by atoms with Gasteiger partial charge in [0.1, 0.15) is 28.8 Å². The number of hydrogen-bond acceptors (Lipinski definition) is 8. The number of hydrogen-bond donors (Lipinski definition) is 2. The summed E-state index contributed by atoms with van der Waals surface area (Å²) in [4.78, 5) is 29.4. The van der Waals surface area contributed by atoms with Gasteiger partial charge in [0.15, 0.2) is 0 Å². The Morgan fingerprint density at radius 1 is 1.26 bits per heavy atom. The molecule has 0 bridgehead atoms. The monoisotopic (exact) mass is 382 g/mol. The molecule has 0 aromatic carbocycles. The van der Waals surface area contributed by atoms with Crippen LogP contribution in [0.4, 0.5) is 5.69 Å². The third-order valence-corrected chi connectivity index (χ3v) is 4.97. The first-order chi connectivity index (χ1) is 13.3. The first kappa shape index (κ1) is 17.5. The minimum atomic E-state index is -0.335. The van der Waals surface area contributed by atoms with E-state index in [1.807, 2.05) is 18.2 Å². The Labute approximate surface area is 160 Å². The third kappa shape index (κ3) is 4.26. The van der Waals surface area contributed by atoms with Crippen LogP contribution in [0, 0.1) is 0 Å². The highest BCUT2D eigenvalue weighted by Crippen LogP contribution is 2.25. The maximum atomic E-state index is 12.6. The van der Waals surface area contributed by atoms with E-state index < -0.39 is 0 Å². The summed E-state index contributed by atoms with van der Waals surface area (Å²) in [5.41, 5.74) is 1.49. The number of aromatic nitrogens is 4. The molecular weight excluding hydrogens is 364 g/mol. The summed E-state index contributed by atoms with van der Waals surface area (Å²) < 4.78 is 5.96. The first-order valence-electron chi connectivity index (χ1n) is 8.65. The Morgan fingerprint density at radius 2 is 2.15 bits per heavy atom. The fourth-order valence-electron chi connectivity index (χ4n) is 2.74. The summed E-state index contributed by atoms with van der Waals surface area (Å²) in [5, 5.41) is 8.49. The Kier molecular flexibility index (Phi) is 5.31. The van der Waals surface area contributed by atoms with Crippen molar-refractivity contribution in [3.8, 4) is 16.6 Å². The van der Waals surface area contributed by atoms with Crippen molar-refractivity contribution in [3.63, 3.8) is 0 Å². The van der Waals surface area contributed by atoms with Crippen molar-refractivity contribution in [1.82, 2.24) is 25.3 Å². The van der Waals surface area contributed by atoms with Crippen molar-refractivity contribution < 1.29 is 9.53 Å². The first-order valence-corrected chi connectivity index (χ1v) is 9.53. The van der Waals surface area contributed by atoms with E-state index >= 15 is 0 Å². The number of amides is 1. The van der Waals surface area contributed by atoms with Crippen LogP contribution in [-0.2, 0) is 0 Å². The van der Waals surface area contributed by atoms with Gasteiger partial charge in [-0.2, -0.15) is 4.98 Å². The second-order valence-corrected chi connectivity index (χ2v) is 6.87. The van der Waals surface area contributed by atoms with Crippen LogP contribution >= 0.6 is 11.3 Å². The van der Waals surface area contributed by atoms with Crippen LogP contribution < -0.4 is 15.4 Å². The van der Waals surface area contributed by atoms with Crippen LogP contribution in [0.25, 0.3) is 10.7 Å². The Morgan fingerprint density at radius 3 is 2.96 bits per heavy atom. The summed E-state index contributed by atoms with van der Waals surface area (Å²) in [6.07, 6.45) is 6.52. The lowest BCUT2D eigenvalue weighted by molar-refractivity contribution is 0.102. The van der Waals surface area contributed by atoms with Crippen molar-refractivity contribution in [3.05, 3.63) is 48.0 Å². The van der Waals surface area contributed by atoms with Gasteiger partial charge in [-0.05, 0) is 38.1 Å². The van der Waals surface area contributed by atoms with Gasteiger partial charge in [-0.15, -0.1) is 11.3 Å². The lowest BCUT2D eigenvalue weighted by Crippen LogP contribution is -2.34. The highest BCUT2D eigenvalue weighted by molar-refractivity contribution is 7.13. The number of pyridine rings is 1. The van der Waals surface area contributed by atoms with Crippen LogP contribution in [0.15, 0.2) is 42.3 Å². The molecule has 1 aliphatic rings. The molecule has 1 saturated heterocycles. The number of nitrogens with one attached hydrogen (secondary N) is 2. The highest BCUT2D eigenvalue weighted by atomic mass is 32.1. The van der Waals surface area contributed by atoms with Crippen molar-refractivity contribution >= 4 is 22.9 Å². The van der Waals surface area contributed by atoms with Gasteiger partial charge >= 0.3 is 0 Å². The van der Waals surface area contributed by atoms with E-state index in [4.69, 9.17) is 4.74 Å².